The molecular weight excluding hydrogens is 659 g/mol. The molecule has 48 heavy (non-hydrogen) atoms. The minimum atomic E-state index is -1.23. The molecule has 1 aliphatic rings. The molecule has 264 valence electrons. The summed E-state index contributed by atoms with van der Waals surface area (Å²) in [4.78, 5) is 53.7. The molecule has 0 saturated carbocycles. The number of nitrogens with one attached hydrogen (secondary N) is 2. The zero-order chi connectivity index (χ0) is 35.6. The van der Waals surface area contributed by atoms with E-state index in [1.165, 1.54) is 7.11 Å². The monoisotopic (exact) mass is 706 g/mol. The van der Waals surface area contributed by atoms with E-state index in [4.69, 9.17) is 37.4 Å². The van der Waals surface area contributed by atoms with Gasteiger partial charge in [-0.15, -0.1) is 11.6 Å². The zero-order valence-electron chi connectivity index (χ0n) is 28.5. The van der Waals surface area contributed by atoms with Gasteiger partial charge in [0.15, 0.2) is 6.10 Å². The summed E-state index contributed by atoms with van der Waals surface area (Å²) in [5.74, 6) is -2.53. The highest BCUT2D eigenvalue weighted by atomic mass is 35.5. The molecule has 1 fully saturated rings. The number of carbonyl (C=O) groups excluding carboxylic acids is 4. The van der Waals surface area contributed by atoms with Crippen molar-refractivity contribution in [2.24, 2.45) is 17.3 Å². The molecule has 1 aliphatic heterocycles. The number of methoxy groups -OCH3 is 1. The number of cyclic esters (lactones) is 2. The SMILES string of the molecule is COc1ccc(C[C@H]2NC(=O)CCCC([C@H](C)C(O)C(Cl)c3ccccc3)OC(=O)[C@H](CC(C)C)OC(=O)C(C)(C)CNC2=O)cc1Cl. The number of aliphatic hydroxyl groups is 1. The van der Waals surface area contributed by atoms with Gasteiger partial charge < -0.3 is 30.0 Å². The summed E-state index contributed by atoms with van der Waals surface area (Å²) in [5, 5.41) is 16.4. The Morgan fingerprint density at radius 3 is 2.35 bits per heavy atom. The first-order chi connectivity index (χ1) is 22.6. The highest BCUT2D eigenvalue weighted by Gasteiger charge is 2.39. The molecular formula is C36H48Cl2N2O8. The predicted molar refractivity (Wildman–Crippen MR) is 184 cm³/mol. The maximum atomic E-state index is 13.6. The highest BCUT2D eigenvalue weighted by Crippen LogP contribution is 2.33. The smallest absolute Gasteiger partial charge is 0.347 e. The first kappa shape index (κ1) is 39.1. The van der Waals surface area contributed by atoms with E-state index in [9.17, 15) is 24.3 Å². The molecule has 2 aromatic rings. The van der Waals surface area contributed by atoms with Crippen LogP contribution in [0.2, 0.25) is 5.02 Å². The average Bonchev–Trinajstić information content (AvgIpc) is 3.04. The number of aliphatic hydroxyl groups excluding tert-OH is 1. The second-order valence-corrected chi connectivity index (χ2v) is 14.3. The number of amides is 2. The van der Waals surface area contributed by atoms with Crippen LogP contribution in [0.3, 0.4) is 0 Å². The van der Waals surface area contributed by atoms with E-state index < -0.39 is 64.8 Å². The molecule has 12 heteroatoms. The van der Waals surface area contributed by atoms with E-state index in [0.717, 1.165) is 0 Å². The molecule has 6 atom stereocenters. The lowest BCUT2D eigenvalue weighted by Gasteiger charge is -2.32. The van der Waals surface area contributed by atoms with Crippen LogP contribution in [-0.4, -0.2) is 66.9 Å². The number of rotatable bonds is 9. The van der Waals surface area contributed by atoms with Gasteiger partial charge in [-0.1, -0.05) is 68.8 Å². The van der Waals surface area contributed by atoms with Crippen molar-refractivity contribution < 1.29 is 38.5 Å². The molecule has 1 heterocycles. The van der Waals surface area contributed by atoms with Crippen LogP contribution >= 0.6 is 23.2 Å². The number of alkyl halides is 1. The highest BCUT2D eigenvalue weighted by molar-refractivity contribution is 6.32. The van der Waals surface area contributed by atoms with Crippen LogP contribution in [0.4, 0.5) is 0 Å². The van der Waals surface area contributed by atoms with Gasteiger partial charge in [-0.3, -0.25) is 14.4 Å². The molecule has 0 radical (unpaired) electrons. The van der Waals surface area contributed by atoms with E-state index >= 15 is 0 Å². The molecule has 3 rings (SSSR count). The maximum Gasteiger partial charge on any atom is 0.347 e. The summed E-state index contributed by atoms with van der Waals surface area (Å²) in [5.41, 5.74) is 0.161. The van der Waals surface area contributed by atoms with Crippen LogP contribution < -0.4 is 15.4 Å². The average molecular weight is 708 g/mol. The van der Waals surface area contributed by atoms with Crippen LogP contribution in [0, 0.1) is 17.3 Å². The predicted octanol–water partition coefficient (Wildman–Crippen LogP) is 5.55. The van der Waals surface area contributed by atoms with Gasteiger partial charge in [-0.05, 0) is 62.3 Å². The van der Waals surface area contributed by atoms with Crippen molar-refractivity contribution in [3.05, 3.63) is 64.7 Å². The number of ether oxygens (including phenoxy) is 3. The van der Waals surface area contributed by atoms with Crippen LogP contribution in [0.1, 0.15) is 76.8 Å². The molecule has 0 spiro atoms. The fourth-order valence-electron chi connectivity index (χ4n) is 5.40. The Labute approximate surface area is 293 Å². The van der Waals surface area contributed by atoms with Crippen LogP contribution in [0.25, 0.3) is 0 Å². The second-order valence-electron chi connectivity index (χ2n) is 13.4. The lowest BCUT2D eigenvalue weighted by Crippen LogP contribution is -2.51. The summed E-state index contributed by atoms with van der Waals surface area (Å²) in [6.45, 7) is 8.58. The molecule has 0 aromatic heterocycles. The van der Waals surface area contributed by atoms with E-state index in [2.05, 4.69) is 10.6 Å². The fourth-order valence-corrected chi connectivity index (χ4v) is 6.05. The third-order valence-corrected chi connectivity index (χ3v) is 9.27. The van der Waals surface area contributed by atoms with E-state index in [0.29, 0.717) is 21.9 Å². The van der Waals surface area contributed by atoms with Gasteiger partial charge in [0.2, 0.25) is 11.8 Å². The normalized spacial score (nSPS) is 23.2. The van der Waals surface area contributed by atoms with E-state index in [1.807, 2.05) is 32.0 Å². The molecule has 3 unspecified atom stereocenters. The van der Waals surface area contributed by atoms with Crippen molar-refractivity contribution in [3.8, 4) is 5.75 Å². The van der Waals surface area contributed by atoms with Gasteiger partial charge in [-0.25, -0.2) is 4.79 Å². The summed E-state index contributed by atoms with van der Waals surface area (Å²) in [6, 6.07) is 13.2. The summed E-state index contributed by atoms with van der Waals surface area (Å²) in [6.07, 6.45) is -2.37. The van der Waals surface area contributed by atoms with Gasteiger partial charge in [-0.2, -0.15) is 0 Å². The lowest BCUT2D eigenvalue weighted by molar-refractivity contribution is -0.180. The molecule has 0 aliphatic carbocycles. The third kappa shape index (κ3) is 11.1. The van der Waals surface area contributed by atoms with E-state index in [1.54, 1.807) is 51.1 Å². The van der Waals surface area contributed by atoms with Crippen molar-refractivity contribution in [2.75, 3.05) is 13.7 Å². The summed E-state index contributed by atoms with van der Waals surface area (Å²) >= 11 is 13.0. The van der Waals surface area contributed by atoms with Gasteiger partial charge >= 0.3 is 11.9 Å². The van der Waals surface area contributed by atoms with E-state index in [-0.39, 0.29) is 44.6 Å². The molecule has 3 N–H and O–H groups in total. The lowest BCUT2D eigenvalue weighted by atomic mass is 9.89. The largest absolute Gasteiger partial charge is 0.495 e. The van der Waals surface area contributed by atoms with Crippen molar-refractivity contribution in [3.63, 3.8) is 0 Å². The first-order valence-corrected chi connectivity index (χ1v) is 17.1. The van der Waals surface area contributed by atoms with Crippen LogP contribution in [-0.2, 0) is 35.1 Å². The first-order valence-electron chi connectivity index (χ1n) is 16.3. The van der Waals surface area contributed by atoms with Gasteiger partial charge in [0.1, 0.15) is 17.9 Å². The molecule has 10 nitrogen and oxygen atoms in total. The van der Waals surface area contributed by atoms with Crippen LogP contribution in [0.15, 0.2) is 48.5 Å². The Bertz CT molecular complexity index is 1400. The number of benzene rings is 2. The van der Waals surface area contributed by atoms with Gasteiger partial charge in [0.25, 0.3) is 0 Å². The standard InChI is InChI=1S/C36H48Cl2N2O8/c1-21(2)17-29-34(44)47-27(22(3)32(42)31(38)24-11-8-7-9-12-24)13-10-14-30(41)40-26(19-23-15-16-28(46-6)25(37)18-23)33(43)39-20-36(4,5)35(45)48-29/h7-9,11-12,15-16,18,21-22,26-27,29,31-32,42H,10,13-14,17,19-20H2,1-6H3,(H,39,43)(H,40,41)/t22-,26+,27?,29-,31?,32?/m0/s1. The molecule has 2 amide bonds. The fraction of sp³-hybridized carbons (Fsp3) is 0.556. The maximum absolute atomic E-state index is 13.6. The Morgan fingerprint density at radius 1 is 1.04 bits per heavy atom. The van der Waals surface area contributed by atoms with Crippen molar-refractivity contribution in [2.45, 2.75) is 96.5 Å². The number of esters is 2. The van der Waals surface area contributed by atoms with Crippen molar-refractivity contribution in [1.29, 1.82) is 0 Å². The van der Waals surface area contributed by atoms with Gasteiger partial charge in [0.05, 0.1) is 29.0 Å². The number of carbonyl (C=O) groups is 4. The minimum absolute atomic E-state index is 0.0168. The number of hydrogen-bond donors (Lipinski definition) is 3. The second kappa shape index (κ2) is 17.9. The van der Waals surface area contributed by atoms with Crippen molar-refractivity contribution in [1.82, 2.24) is 10.6 Å². The Hall–Kier alpha value is -3.34. The summed E-state index contributed by atoms with van der Waals surface area (Å²) < 4.78 is 17.0. The Kier molecular flexibility index (Phi) is 14.6. The molecule has 2 aromatic carbocycles. The van der Waals surface area contributed by atoms with Crippen LogP contribution in [0.5, 0.6) is 5.75 Å². The summed E-state index contributed by atoms with van der Waals surface area (Å²) in [7, 11) is 1.50. The number of halogens is 2. The topological polar surface area (TPSA) is 140 Å². The van der Waals surface area contributed by atoms with Gasteiger partial charge in [0, 0.05) is 25.3 Å². The zero-order valence-corrected chi connectivity index (χ0v) is 30.0. The van der Waals surface area contributed by atoms with Crippen molar-refractivity contribution >= 4 is 47.0 Å². The Balaban J connectivity index is 1.91. The number of hydrogen-bond acceptors (Lipinski definition) is 8. The Morgan fingerprint density at radius 2 is 1.73 bits per heavy atom. The quantitative estimate of drug-likeness (QED) is 0.228. The molecule has 1 saturated heterocycles. The minimum Gasteiger partial charge on any atom is -0.495 e. The third-order valence-electron chi connectivity index (χ3n) is 8.47. The molecule has 0 bridgehead atoms.